The van der Waals surface area contributed by atoms with E-state index in [1.165, 1.54) is 0 Å². The summed E-state index contributed by atoms with van der Waals surface area (Å²) in [7, 11) is 1.55. The highest BCUT2D eigenvalue weighted by atomic mass is 16.5. The van der Waals surface area contributed by atoms with E-state index in [-0.39, 0.29) is 6.42 Å². The molecule has 0 aromatic heterocycles. The number of ether oxygens (including phenoxy) is 1. The van der Waals surface area contributed by atoms with Crippen LogP contribution in [0.5, 0.6) is 0 Å². The van der Waals surface area contributed by atoms with Gasteiger partial charge in [0.15, 0.2) is 0 Å². The SMILES string of the molecule is COCC(O)CNCCCCCC(=O)O. The lowest BCUT2D eigenvalue weighted by Gasteiger charge is -2.10. The summed E-state index contributed by atoms with van der Waals surface area (Å²) < 4.78 is 4.77. The highest BCUT2D eigenvalue weighted by Crippen LogP contribution is 1.98. The lowest BCUT2D eigenvalue weighted by Crippen LogP contribution is -2.30. The molecular formula is C10H21NO4. The normalized spacial score (nSPS) is 12.7. The fraction of sp³-hybridized carbons (Fsp3) is 0.900. The molecule has 15 heavy (non-hydrogen) atoms. The molecule has 3 N–H and O–H groups in total. The molecule has 0 fully saturated rings. The second-order valence-corrected chi connectivity index (χ2v) is 3.52. The Hall–Kier alpha value is -0.650. The summed E-state index contributed by atoms with van der Waals surface area (Å²) in [5, 5.41) is 20.7. The average Bonchev–Trinajstić information content (AvgIpc) is 2.16. The number of methoxy groups -OCH3 is 1. The second kappa shape index (κ2) is 9.89. The molecule has 5 heteroatoms. The maximum absolute atomic E-state index is 10.2. The predicted octanol–water partition coefficient (Wildman–Crippen LogP) is 0.228. The Morgan fingerprint density at radius 1 is 1.40 bits per heavy atom. The molecule has 0 bridgehead atoms. The van der Waals surface area contributed by atoms with Crippen LogP contribution in [0.4, 0.5) is 0 Å². The molecule has 0 aliphatic heterocycles. The summed E-state index contributed by atoms with van der Waals surface area (Å²) in [6, 6.07) is 0. The van der Waals surface area contributed by atoms with Crippen LogP contribution in [0, 0.1) is 0 Å². The first-order valence-electron chi connectivity index (χ1n) is 5.26. The van der Waals surface area contributed by atoms with Gasteiger partial charge in [0.05, 0.1) is 12.7 Å². The molecule has 0 saturated carbocycles. The van der Waals surface area contributed by atoms with E-state index < -0.39 is 12.1 Å². The summed E-state index contributed by atoms with van der Waals surface area (Å²) in [4.78, 5) is 10.2. The van der Waals surface area contributed by atoms with Crippen LogP contribution >= 0.6 is 0 Å². The van der Waals surface area contributed by atoms with Crippen LogP contribution in [-0.4, -0.2) is 49.1 Å². The van der Waals surface area contributed by atoms with Gasteiger partial charge < -0.3 is 20.3 Å². The van der Waals surface area contributed by atoms with Crippen molar-refractivity contribution in [1.82, 2.24) is 5.32 Å². The summed E-state index contributed by atoms with van der Waals surface area (Å²) in [5.74, 6) is -0.738. The maximum Gasteiger partial charge on any atom is 0.303 e. The molecule has 0 aromatic carbocycles. The molecule has 0 saturated heterocycles. The van der Waals surface area contributed by atoms with E-state index in [2.05, 4.69) is 5.32 Å². The van der Waals surface area contributed by atoms with Gasteiger partial charge in [-0.1, -0.05) is 6.42 Å². The van der Waals surface area contributed by atoms with Gasteiger partial charge in [-0.05, 0) is 19.4 Å². The molecule has 5 nitrogen and oxygen atoms in total. The van der Waals surface area contributed by atoms with Crippen molar-refractivity contribution in [3.63, 3.8) is 0 Å². The highest BCUT2D eigenvalue weighted by Gasteiger charge is 2.01. The van der Waals surface area contributed by atoms with Gasteiger partial charge in [-0.3, -0.25) is 4.79 Å². The average molecular weight is 219 g/mol. The lowest BCUT2D eigenvalue weighted by molar-refractivity contribution is -0.137. The zero-order valence-electron chi connectivity index (χ0n) is 9.24. The summed E-state index contributed by atoms with van der Waals surface area (Å²) in [5.41, 5.74) is 0. The van der Waals surface area contributed by atoms with Gasteiger partial charge in [0.2, 0.25) is 0 Å². The third-order valence-corrected chi connectivity index (χ3v) is 1.98. The largest absolute Gasteiger partial charge is 0.481 e. The van der Waals surface area contributed by atoms with Gasteiger partial charge >= 0.3 is 5.97 Å². The number of carboxylic acid groups (broad SMARTS) is 1. The van der Waals surface area contributed by atoms with Crippen molar-refractivity contribution in [3.05, 3.63) is 0 Å². The summed E-state index contributed by atoms with van der Waals surface area (Å²) in [6.07, 6.45) is 2.34. The molecule has 0 rings (SSSR count). The molecule has 90 valence electrons. The molecule has 0 heterocycles. The standard InChI is InChI=1S/C10H21NO4/c1-15-8-9(12)7-11-6-4-2-3-5-10(13)14/h9,11-12H,2-8H2,1H3,(H,13,14). The van der Waals surface area contributed by atoms with Crippen LogP contribution in [0.1, 0.15) is 25.7 Å². The summed E-state index contributed by atoms with van der Waals surface area (Å²) in [6.45, 7) is 1.67. The van der Waals surface area contributed by atoms with E-state index in [1.807, 2.05) is 0 Å². The minimum atomic E-state index is -0.738. The van der Waals surface area contributed by atoms with Gasteiger partial charge in [-0.15, -0.1) is 0 Å². The Morgan fingerprint density at radius 2 is 2.13 bits per heavy atom. The van der Waals surface area contributed by atoms with E-state index in [0.717, 1.165) is 25.8 Å². The number of nitrogens with one attached hydrogen (secondary N) is 1. The monoisotopic (exact) mass is 219 g/mol. The van der Waals surface area contributed by atoms with Crippen molar-refractivity contribution < 1.29 is 19.7 Å². The maximum atomic E-state index is 10.2. The van der Waals surface area contributed by atoms with E-state index in [4.69, 9.17) is 9.84 Å². The number of aliphatic carboxylic acids is 1. The Bertz CT molecular complexity index is 164. The second-order valence-electron chi connectivity index (χ2n) is 3.52. The van der Waals surface area contributed by atoms with Crippen molar-refractivity contribution in [3.8, 4) is 0 Å². The number of carboxylic acids is 1. The summed E-state index contributed by atoms with van der Waals surface area (Å²) >= 11 is 0. The molecule has 0 aromatic rings. The smallest absolute Gasteiger partial charge is 0.303 e. The van der Waals surface area contributed by atoms with E-state index in [9.17, 15) is 9.90 Å². The Labute approximate surface area is 90.4 Å². The fourth-order valence-electron chi connectivity index (χ4n) is 1.22. The van der Waals surface area contributed by atoms with Crippen molar-refractivity contribution in [2.75, 3.05) is 26.8 Å². The lowest BCUT2D eigenvalue weighted by atomic mass is 10.2. The van der Waals surface area contributed by atoms with Gasteiger partial charge in [0.1, 0.15) is 0 Å². The van der Waals surface area contributed by atoms with Crippen LogP contribution in [0.25, 0.3) is 0 Å². The van der Waals surface area contributed by atoms with Crippen molar-refractivity contribution >= 4 is 5.97 Å². The minimum Gasteiger partial charge on any atom is -0.481 e. The molecule has 0 amide bonds. The first kappa shape index (κ1) is 14.3. The fourth-order valence-corrected chi connectivity index (χ4v) is 1.22. The van der Waals surface area contributed by atoms with Crippen LogP contribution in [0.2, 0.25) is 0 Å². The number of rotatable bonds is 10. The Balaban J connectivity index is 3.07. The first-order valence-corrected chi connectivity index (χ1v) is 5.26. The van der Waals surface area contributed by atoms with Crippen LogP contribution in [0.15, 0.2) is 0 Å². The van der Waals surface area contributed by atoms with Crippen LogP contribution < -0.4 is 5.32 Å². The van der Waals surface area contributed by atoms with Gasteiger partial charge in [-0.25, -0.2) is 0 Å². The third-order valence-electron chi connectivity index (χ3n) is 1.98. The predicted molar refractivity (Wildman–Crippen MR) is 56.9 cm³/mol. The topological polar surface area (TPSA) is 78.8 Å². The van der Waals surface area contributed by atoms with E-state index >= 15 is 0 Å². The quantitative estimate of drug-likeness (QED) is 0.458. The highest BCUT2D eigenvalue weighted by molar-refractivity contribution is 5.66. The van der Waals surface area contributed by atoms with Crippen molar-refractivity contribution in [2.24, 2.45) is 0 Å². The first-order chi connectivity index (χ1) is 7.16. The molecule has 0 aliphatic rings. The molecule has 0 aliphatic carbocycles. The van der Waals surface area contributed by atoms with E-state index in [0.29, 0.717) is 13.2 Å². The van der Waals surface area contributed by atoms with Crippen molar-refractivity contribution in [2.45, 2.75) is 31.8 Å². The number of unbranched alkanes of at least 4 members (excludes halogenated alkanes) is 2. The Morgan fingerprint density at radius 3 is 2.73 bits per heavy atom. The molecular weight excluding hydrogens is 198 g/mol. The number of aliphatic hydroxyl groups is 1. The molecule has 0 spiro atoms. The third kappa shape index (κ3) is 11.3. The van der Waals surface area contributed by atoms with Gasteiger partial charge in [0.25, 0.3) is 0 Å². The van der Waals surface area contributed by atoms with Gasteiger partial charge in [0, 0.05) is 20.1 Å². The number of hydrogen-bond donors (Lipinski definition) is 3. The zero-order chi connectivity index (χ0) is 11.5. The minimum absolute atomic E-state index is 0.242. The number of aliphatic hydroxyl groups excluding tert-OH is 1. The van der Waals surface area contributed by atoms with Crippen molar-refractivity contribution in [1.29, 1.82) is 0 Å². The Kier molecular flexibility index (Phi) is 9.46. The molecule has 1 unspecified atom stereocenters. The number of hydrogen-bond acceptors (Lipinski definition) is 4. The molecule has 1 atom stereocenters. The van der Waals surface area contributed by atoms with Crippen LogP contribution in [-0.2, 0) is 9.53 Å². The molecule has 0 radical (unpaired) electrons. The van der Waals surface area contributed by atoms with Gasteiger partial charge in [-0.2, -0.15) is 0 Å². The zero-order valence-corrected chi connectivity index (χ0v) is 9.24. The van der Waals surface area contributed by atoms with E-state index in [1.54, 1.807) is 7.11 Å². The number of carbonyl (C=O) groups is 1. The van der Waals surface area contributed by atoms with Crippen LogP contribution in [0.3, 0.4) is 0 Å².